The van der Waals surface area contributed by atoms with Crippen molar-refractivity contribution in [3.8, 4) is 0 Å². The lowest BCUT2D eigenvalue weighted by molar-refractivity contribution is 0.263. The van der Waals surface area contributed by atoms with Gasteiger partial charge in [0.15, 0.2) is 0 Å². The van der Waals surface area contributed by atoms with Crippen molar-refractivity contribution in [1.82, 2.24) is 4.31 Å². The highest BCUT2D eigenvalue weighted by Gasteiger charge is 2.27. The summed E-state index contributed by atoms with van der Waals surface area (Å²) in [6.07, 6.45) is 3.33. The van der Waals surface area contributed by atoms with E-state index in [1.165, 1.54) is 22.9 Å². The van der Waals surface area contributed by atoms with E-state index < -0.39 is 15.8 Å². The standard InChI is InChI=1S/C14H19ClFNO2S/c1-10-6-13(7-12(8-15)14(10)16)20(18,19)17(2)9-11-4-3-5-11/h6-7,11H,3-5,8-9H2,1-2H3. The van der Waals surface area contributed by atoms with E-state index >= 15 is 0 Å². The number of benzene rings is 1. The van der Waals surface area contributed by atoms with Gasteiger partial charge in [0.25, 0.3) is 0 Å². The number of hydrogen-bond acceptors (Lipinski definition) is 2. The second kappa shape index (κ2) is 6.00. The van der Waals surface area contributed by atoms with E-state index in [4.69, 9.17) is 11.6 Å². The number of sulfonamides is 1. The molecule has 0 amide bonds. The van der Waals surface area contributed by atoms with E-state index in [0.717, 1.165) is 12.8 Å². The SMILES string of the molecule is Cc1cc(S(=O)(=O)N(C)CC2CCC2)cc(CCl)c1F. The van der Waals surface area contributed by atoms with Crippen molar-refractivity contribution in [2.24, 2.45) is 5.92 Å². The number of aryl methyl sites for hydroxylation is 1. The molecule has 1 aromatic carbocycles. The molecule has 1 aliphatic rings. The lowest BCUT2D eigenvalue weighted by Crippen LogP contribution is -2.34. The highest BCUT2D eigenvalue weighted by molar-refractivity contribution is 7.89. The van der Waals surface area contributed by atoms with E-state index in [2.05, 4.69) is 0 Å². The van der Waals surface area contributed by atoms with Crippen molar-refractivity contribution in [3.05, 3.63) is 29.1 Å². The van der Waals surface area contributed by atoms with Crippen LogP contribution in [0.4, 0.5) is 4.39 Å². The van der Waals surface area contributed by atoms with Crippen molar-refractivity contribution in [1.29, 1.82) is 0 Å². The Morgan fingerprint density at radius 3 is 2.55 bits per heavy atom. The van der Waals surface area contributed by atoms with Gasteiger partial charge in [-0.3, -0.25) is 0 Å². The maximum absolute atomic E-state index is 13.8. The summed E-state index contributed by atoms with van der Waals surface area (Å²) >= 11 is 5.67. The Labute approximate surface area is 124 Å². The third-order valence-corrected chi connectivity index (χ3v) is 5.98. The van der Waals surface area contributed by atoms with E-state index in [1.807, 2.05) is 0 Å². The van der Waals surface area contributed by atoms with Crippen molar-refractivity contribution in [2.75, 3.05) is 13.6 Å². The smallest absolute Gasteiger partial charge is 0.207 e. The molecule has 0 radical (unpaired) electrons. The minimum Gasteiger partial charge on any atom is -0.207 e. The fraction of sp³-hybridized carbons (Fsp3) is 0.571. The molecule has 1 saturated carbocycles. The molecular formula is C14H19ClFNO2S. The Morgan fingerprint density at radius 1 is 1.40 bits per heavy atom. The van der Waals surface area contributed by atoms with E-state index in [-0.39, 0.29) is 16.3 Å². The zero-order valence-electron chi connectivity index (χ0n) is 11.7. The van der Waals surface area contributed by atoms with Crippen LogP contribution >= 0.6 is 11.6 Å². The first-order valence-corrected chi connectivity index (χ1v) is 8.65. The minimum absolute atomic E-state index is 0.0393. The second-order valence-electron chi connectivity index (χ2n) is 5.43. The molecule has 0 aliphatic heterocycles. The predicted octanol–water partition coefficient (Wildman–Crippen LogP) is 3.29. The Kier molecular flexibility index (Phi) is 4.72. The van der Waals surface area contributed by atoms with E-state index in [0.29, 0.717) is 18.0 Å². The minimum atomic E-state index is -3.57. The summed E-state index contributed by atoms with van der Waals surface area (Å²) in [6.45, 7) is 2.07. The lowest BCUT2D eigenvalue weighted by atomic mass is 9.86. The summed E-state index contributed by atoms with van der Waals surface area (Å²) in [7, 11) is -2.00. The lowest BCUT2D eigenvalue weighted by Gasteiger charge is -2.29. The highest BCUT2D eigenvalue weighted by Crippen LogP contribution is 2.29. The van der Waals surface area contributed by atoms with Gasteiger partial charge < -0.3 is 0 Å². The van der Waals surface area contributed by atoms with Gasteiger partial charge in [-0.1, -0.05) is 6.42 Å². The van der Waals surface area contributed by atoms with Crippen LogP contribution in [0, 0.1) is 18.7 Å². The molecule has 6 heteroatoms. The van der Waals surface area contributed by atoms with Crippen LogP contribution in [0.15, 0.2) is 17.0 Å². The van der Waals surface area contributed by atoms with Gasteiger partial charge in [-0.25, -0.2) is 17.1 Å². The Morgan fingerprint density at radius 2 is 2.05 bits per heavy atom. The van der Waals surface area contributed by atoms with E-state index in [9.17, 15) is 12.8 Å². The maximum Gasteiger partial charge on any atom is 0.242 e. The van der Waals surface area contributed by atoms with Gasteiger partial charge in [-0.15, -0.1) is 11.6 Å². The summed E-state index contributed by atoms with van der Waals surface area (Å²) in [5.41, 5.74) is 0.529. The average Bonchev–Trinajstić information content (AvgIpc) is 2.36. The topological polar surface area (TPSA) is 37.4 Å². The van der Waals surface area contributed by atoms with Crippen LogP contribution in [0.1, 0.15) is 30.4 Å². The van der Waals surface area contributed by atoms with Gasteiger partial charge in [0.05, 0.1) is 10.8 Å². The highest BCUT2D eigenvalue weighted by atomic mass is 35.5. The number of nitrogens with zero attached hydrogens (tertiary/aromatic N) is 1. The first-order chi connectivity index (χ1) is 9.36. The molecule has 0 spiro atoms. The van der Waals surface area contributed by atoms with Gasteiger partial charge in [-0.2, -0.15) is 0 Å². The van der Waals surface area contributed by atoms with Crippen LogP contribution < -0.4 is 0 Å². The van der Waals surface area contributed by atoms with Crippen molar-refractivity contribution < 1.29 is 12.8 Å². The first-order valence-electron chi connectivity index (χ1n) is 6.67. The number of rotatable bonds is 5. The van der Waals surface area contributed by atoms with Gasteiger partial charge in [-0.05, 0) is 43.4 Å². The van der Waals surface area contributed by atoms with Crippen LogP contribution in [0.25, 0.3) is 0 Å². The van der Waals surface area contributed by atoms with Gasteiger partial charge in [0, 0.05) is 19.2 Å². The Hall–Kier alpha value is -0.650. The maximum atomic E-state index is 13.8. The van der Waals surface area contributed by atoms with Crippen LogP contribution in [0.5, 0.6) is 0 Å². The molecule has 0 aromatic heterocycles. The summed E-state index contributed by atoms with van der Waals surface area (Å²) in [5.74, 6) is -0.0213. The van der Waals surface area contributed by atoms with Crippen LogP contribution in [-0.4, -0.2) is 26.3 Å². The third-order valence-electron chi connectivity index (χ3n) is 3.90. The molecule has 1 aliphatic carbocycles. The first kappa shape index (κ1) is 15.7. The summed E-state index contributed by atoms with van der Waals surface area (Å²) < 4.78 is 40.1. The van der Waals surface area contributed by atoms with Gasteiger partial charge >= 0.3 is 0 Å². The third kappa shape index (κ3) is 3.00. The van der Waals surface area contributed by atoms with Crippen molar-refractivity contribution >= 4 is 21.6 Å². The average molecular weight is 320 g/mol. The molecule has 1 aromatic rings. The zero-order valence-corrected chi connectivity index (χ0v) is 13.3. The largest absolute Gasteiger partial charge is 0.242 e. The van der Waals surface area contributed by atoms with Crippen LogP contribution in [-0.2, 0) is 15.9 Å². The van der Waals surface area contributed by atoms with Crippen LogP contribution in [0.2, 0.25) is 0 Å². The molecule has 1 fully saturated rings. The second-order valence-corrected chi connectivity index (χ2v) is 7.74. The number of hydrogen-bond donors (Lipinski definition) is 0. The quantitative estimate of drug-likeness (QED) is 0.781. The molecule has 0 bridgehead atoms. The molecule has 20 heavy (non-hydrogen) atoms. The van der Waals surface area contributed by atoms with E-state index in [1.54, 1.807) is 14.0 Å². The van der Waals surface area contributed by atoms with Gasteiger partial charge in [0.1, 0.15) is 5.82 Å². The zero-order chi connectivity index (χ0) is 14.9. The van der Waals surface area contributed by atoms with Crippen LogP contribution in [0.3, 0.4) is 0 Å². The fourth-order valence-electron chi connectivity index (χ4n) is 2.37. The summed E-state index contributed by atoms with van der Waals surface area (Å²) in [6, 6.07) is 2.71. The summed E-state index contributed by atoms with van der Waals surface area (Å²) in [5, 5.41) is 0. The summed E-state index contributed by atoms with van der Waals surface area (Å²) in [4.78, 5) is 0.119. The molecule has 0 heterocycles. The molecule has 0 unspecified atom stereocenters. The molecule has 0 saturated heterocycles. The molecule has 112 valence electrons. The predicted molar refractivity (Wildman–Crippen MR) is 77.9 cm³/mol. The molecule has 0 N–H and O–H groups in total. The number of alkyl halides is 1. The molecule has 0 atom stereocenters. The molecular weight excluding hydrogens is 301 g/mol. The number of halogens is 2. The van der Waals surface area contributed by atoms with Crippen molar-refractivity contribution in [2.45, 2.75) is 37.0 Å². The molecule has 2 rings (SSSR count). The monoisotopic (exact) mass is 319 g/mol. The normalized spacial score (nSPS) is 16.4. The van der Waals surface area contributed by atoms with Crippen molar-refractivity contribution in [3.63, 3.8) is 0 Å². The Bertz CT molecular complexity index is 599. The Balaban J connectivity index is 2.30. The molecule has 3 nitrogen and oxygen atoms in total. The van der Waals surface area contributed by atoms with Gasteiger partial charge in [0.2, 0.25) is 10.0 Å². The fourth-order valence-corrected chi connectivity index (χ4v) is 3.95.